The highest BCUT2D eigenvalue weighted by molar-refractivity contribution is 8.76. The first-order valence-corrected chi connectivity index (χ1v) is 48.7. The van der Waals surface area contributed by atoms with Gasteiger partial charge in [-0.2, -0.15) is 0 Å². The van der Waals surface area contributed by atoms with Gasteiger partial charge in [0.1, 0.15) is 146 Å². The van der Waals surface area contributed by atoms with Gasteiger partial charge in [0.05, 0.1) is 132 Å². The molecule has 2 amide bonds. The minimum atomic E-state index is -1.95. The maximum Gasteiger partial charge on any atom is 0.220 e. The van der Waals surface area contributed by atoms with Gasteiger partial charge < -0.3 is 198 Å². The number of unbranched alkanes of at least 4 members (excludes halogenated alkanes) is 24. The number of nitrogens with one attached hydrogen (secondary N) is 2. The van der Waals surface area contributed by atoms with Crippen molar-refractivity contribution in [2.24, 2.45) is 0 Å². The molecule has 0 unspecified atom stereocenters. The van der Waals surface area contributed by atoms with Crippen LogP contribution in [0.2, 0.25) is 0 Å². The van der Waals surface area contributed by atoms with E-state index in [2.05, 4.69) is 10.6 Å². The maximum absolute atomic E-state index is 12.3. The second kappa shape index (κ2) is 68.2. The van der Waals surface area contributed by atoms with Gasteiger partial charge in [-0.1, -0.05) is 163 Å². The van der Waals surface area contributed by atoms with Crippen molar-refractivity contribution in [1.82, 2.24) is 10.6 Å². The first-order chi connectivity index (χ1) is 62.0. The Morgan fingerprint density at radius 3 is 0.688 bits per heavy atom. The lowest BCUT2D eigenvalue weighted by Crippen LogP contribution is -2.66. The lowest BCUT2D eigenvalue weighted by atomic mass is 9.96. The van der Waals surface area contributed by atoms with E-state index in [1.54, 1.807) is 0 Å². The number of ether oxygens (including phenoxy) is 18. The molecule has 0 spiro atoms. The maximum atomic E-state index is 12.3. The summed E-state index contributed by atoms with van der Waals surface area (Å²) in [7, 11) is 4.09. The fourth-order valence-corrected chi connectivity index (χ4v) is 17.8. The Bertz CT molecular complexity index is 2570. The van der Waals surface area contributed by atoms with Crippen LogP contribution in [-0.2, 0) is 94.9 Å². The number of hydrogen-bond acceptors (Lipinski definition) is 42. The molecule has 0 radical (unpaired) electrons. The summed E-state index contributed by atoms with van der Waals surface area (Å²) in [5.41, 5.74) is 0. The lowest BCUT2D eigenvalue weighted by Gasteiger charge is -2.48. The van der Waals surface area contributed by atoms with Crippen LogP contribution < -0.4 is 10.6 Å². The van der Waals surface area contributed by atoms with Crippen LogP contribution in [-0.4, -0.2) is 455 Å². The zero-order valence-electron chi connectivity index (χ0n) is 74.0. The molecule has 754 valence electrons. The molecule has 6 rings (SSSR count). The molecule has 22 N–H and O–H groups in total. The summed E-state index contributed by atoms with van der Waals surface area (Å²) in [4.78, 5) is 24.6. The van der Waals surface area contributed by atoms with E-state index < -0.39 is 224 Å². The van der Waals surface area contributed by atoms with Crippen molar-refractivity contribution >= 4 is 33.4 Å². The molecule has 0 aromatic rings. The highest BCUT2D eigenvalue weighted by atomic mass is 33.1. The Morgan fingerprint density at radius 2 is 0.430 bits per heavy atom. The fraction of sp³-hybridized carbons (Fsp3) is 0.976. The normalized spacial score (nSPS) is 33.5. The molecule has 0 bridgehead atoms. The van der Waals surface area contributed by atoms with Gasteiger partial charge in [0, 0.05) is 37.4 Å². The number of aliphatic hydroxyl groups excluding tert-OH is 20. The van der Waals surface area contributed by atoms with E-state index in [0.29, 0.717) is 65.6 Å². The van der Waals surface area contributed by atoms with Crippen LogP contribution in [0, 0.1) is 0 Å². The summed E-state index contributed by atoms with van der Waals surface area (Å²) in [6.07, 6.45) is -17.0. The molecule has 6 aliphatic rings. The molecule has 6 heterocycles. The number of carbonyl (C=O) groups is 2. The second-order valence-corrected chi connectivity index (χ2v) is 35.8. The third kappa shape index (κ3) is 41.4. The average molecular weight is 1900 g/mol. The van der Waals surface area contributed by atoms with Crippen molar-refractivity contribution in [3.63, 3.8) is 0 Å². The van der Waals surface area contributed by atoms with Gasteiger partial charge in [0.25, 0.3) is 0 Å². The summed E-state index contributed by atoms with van der Waals surface area (Å²) in [6, 6.07) is 0. The number of carbonyl (C=O) groups excluding carboxylic acids is 2. The Balaban J connectivity index is 0.589. The third-order valence-electron chi connectivity index (χ3n) is 23.1. The van der Waals surface area contributed by atoms with E-state index in [-0.39, 0.29) is 64.7 Å². The molecule has 6 fully saturated rings. The van der Waals surface area contributed by atoms with E-state index in [9.17, 15) is 112 Å². The van der Waals surface area contributed by atoms with Crippen LogP contribution in [0.1, 0.15) is 180 Å². The molecule has 44 heteroatoms. The minimum absolute atomic E-state index is 0.0223. The van der Waals surface area contributed by atoms with Gasteiger partial charge in [-0.05, 0) is 25.7 Å². The van der Waals surface area contributed by atoms with E-state index >= 15 is 0 Å². The van der Waals surface area contributed by atoms with E-state index in [4.69, 9.17) is 85.3 Å². The van der Waals surface area contributed by atoms with Crippen LogP contribution in [0.3, 0.4) is 0 Å². The topological polar surface area (TPSA) is 629 Å². The zero-order valence-corrected chi connectivity index (χ0v) is 75.6. The highest BCUT2D eigenvalue weighted by Crippen LogP contribution is 2.37. The Morgan fingerprint density at radius 1 is 0.227 bits per heavy atom. The van der Waals surface area contributed by atoms with Crippen LogP contribution in [0.25, 0.3) is 0 Å². The summed E-state index contributed by atoms with van der Waals surface area (Å²) in [6.45, 7) is -1.07. The van der Waals surface area contributed by atoms with Gasteiger partial charge in [-0.3, -0.25) is 9.59 Å². The van der Waals surface area contributed by atoms with Crippen molar-refractivity contribution in [3.8, 4) is 0 Å². The Labute approximate surface area is 758 Å². The van der Waals surface area contributed by atoms with Crippen LogP contribution in [0.5, 0.6) is 0 Å². The number of amides is 2. The van der Waals surface area contributed by atoms with Gasteiger partial charge in [0.15, 0.2) is 37.7 Å². The SMILES string of the molecule is O=C(CCCCCCCCCCCCCCCSSCCCCCCCCCCCCCCCC(=O)NCCOCCOCCOCCO[C@@H]1O[C@H](CO)[C@@H](O[C@@H]2O[C@H](CO)[C@H](O[C@H]3O[C@H](CO)[C@H](O)[C@H](O)[C@H]3O)[C@H](O)[C@H]2O)[C@H](O)[C@H]1O)NCCOCCOCCOCCO[C@@H]1O[C@H](CO)[C@@H](O[C@@H]2O[C@H](CO)[C@H](O[C@H]3O[C@H](CO)[C@H](O)[C@H](O)[C@H]3O)[C@H](O)[C@H]2O)[C@H](O)[C@H]1O. The highest BCUT2D eigenvalue weighted by Gasteiger charge is 2.56. The van der Waals surface area contributed by atoms with Crippen molar-refractivity contribution < 1.29 is 197 Å². The van der Waals surface area contributed by atoms with Gasteiger partial charge in [-0.15, -0.1) is 0 Å². The molecule has 0 aliphatic carbocycles. The monoisotopic (exact) mass is 1900 g/mol. The van der Waals surface area contributed by atoms with Crippen LogP contribution >= 0.6 is 21.6 Å². The minimum Gasteiger partial charge on any atom is -0.394 e. The van der Waals surface area contributed by atoms with Crippen LogP contribution in [0.4, 0.5) is 0 Å². The third-order valence-corrected chi connectivity index (χ3v) is 25.7. The van der Waals surface area contributed by atoms with E-state index in [0.717, 1.165) is 38.5 Å². The standard InChI is InChI=1S/C84H156N2O40S2/c87-47-53-61(95)63(97)69(103)81(117-53)123-77-57(51-91)121-83(73(107)67(77)101)125-75-55(49-89)119-79(71(105)65(75)99)115-43-41-113-39-37-111-35-33-109-31-29-85-59(93)27-23-19-15-11-7-3-1-5-9-13-17-21-25-45-127-128-46-26-22-18-14-10-6-2-4-8-12-16-20-24-28-60(94)86-30-32-110-34-36-112-38-40-114-42-44-116-80-72(106)66(100)76(56(50-90)120-80)126-84-74(108)68(102)78(58(52-92)122-84)124-82-70(104)64(98)62(96)54(48-88)118-82/h53-58,61-84,87-92,95-108H,1-52H2,(H,85,93)(H,86,94)/t53-,54-,55-,56-,57-,58-,61+,62+,63+,64+,65-,66-,67-,68-,69-,70-,71-,72-,73-,74-,75-,76-,77+,78+,79-,80-,81-,82-,83+,84+/m1/s1. The molecule has 0 aromatic carbocycles. The van der Waals surface area contributed by atoms with E-state index in [1.165, 1.54) is 140 Å². The summed E-state index contributed by atoms with van der Waals surface area (Å²) in [5, 5.41) is 214. The molecule has 42 nitrogen and oxygen atoms in total. The predicted octanol–water partition coefficient (Wildman–Crippen LogP) is -3.45. The second-order valence-electron chi connectivity index (χ2n) is 33.1. The predicted molar refractivity (Wildman–Crippen MR) is 455 cm³/mol. The molecule has 6 saturated heterocycles. The first-order valence-electron chi connectivity index (χ1n) is 46.3. The zero-order chi connectivity index (χ0) is 92.8. The number of rotatable bonds is 73. The Kier molecular flexibility index (Phi) is 61.2. The molecule has 0 aromatic heterocycles. The van der Waals surface area contributed by atoms with Gasteiger partial charge >= 0.3 is 0 Å². The average Bonchev–Trinajstić information content (AvgIpc) is 0.779. The first kappa shape index (κ1) is 115. The Hall–Kier alpha value is -1.88. The lowest BCUT2D eigenvalue weighted by molar-refractivity contribution is -0.379. The molecule has 30 atom stereocenters. The van der Waals surface area contributed by atoms with Gasteiger partial charge in [0.2, 0.25) is 11.8 Å². The number of aliphatic hydroxyl groups is 20. The summed E-state index contributed by atoms with van der Waals surface area (Å²) in [5.74, 6) is 2.54. The quantitative estimate of drug-likeness (QED) is 0.0208. The van der Waals surface area contributed by atoms with Gasteiger partial charge in [-0.25, -0.2) is 0 Å². The van der Waals surface area contributed by atoms with Crippen LogP contribution in [0.15, 0.2) is 0 Å². The molecule has 128 heavy (non-hydrogen) atoms. The largest absolute Gasteiger partial charge is 0.394 e. The molecular weight excluding hydrogens is 1740 g/mol. The number of hydrogen-bond donors (Lipinski definition) is 22. The summed E-state index contributed by atoms with van der Waals surface area (Å²) >= 11 is 0. The van der Waals surface area contributed by atoms with Crippen molar-refractivity contribution in [1.29, 1.82) is 0 Å². The fourth-order valence-electron chi connectivity index (χ4n) is 15.5. The van der Waals surface area contributed by atoms with E-state index in [1.807, 2.05) is 21.6 Å². The molecular formula is C84H156N2O40S2. The summed E-state index contributed by atoms with van der Waals surface area (Å²) < 4.78 is 100. The van der Waals surface area contributed by atoms with Crippen molar-refractivity contribution in [3.05, 3.63) is 0 Å². The van der Waals surface area contributed by atoms with Crippen molar-refractivity contribution in [2.45, 2.75) is 364 Å². The smallest absolute Gasteiger partial charge is 0.220 e. The molecule has 6 aliphatic heterocycles. The molecule has 0 saturated carbocycles. The van der Waals surface area contributed by atoms with Crippen molar-refractivity contribution in [2.75, 3.05) is 157 Å².